The molecule has 0 aliphatic rings. The highest BCUT2D eigenvalue weighted by atomic mass is 32.1. The van der Waals surface area contributed by atoms with Gasteiger partial charge in [0.15, 0.2) is 5.96 Å². The highest BCUT2D eigenvalue weighted by Crippen LogP contribution is 2.39. The van der Waals surface area contributed by atoms with E-state index in [4.69, 9.17) is 11.5 Å². The standard InChI is InChI=1S/C22H23N5O3S/c1-14-20(31-22(25-14)26-21(23)24)27(17-10-6-3-7-11-17)18(28)12-16(13-19(29)30)15-8-4-2-5-9-15/h2-11,16H,12-13H2,1H3,(H,29,30)(H4,23,24,25,26). The number of aromatic nitrogens is 1. The molecule has 2 aromatic carbocycles. The number of guanidine groups is 1. The molecule has 0 aliphatic heterocycles. The summed E-state index contributed by atoms with van der Waals surface area (Å²) >= 11 is 1.19. The minimum Gasteiger partial charge on any atom is -0.481 e. The van der Waals surface area contributed by atoms with Crippen molar-refractivity contribution in [3.63, 3.8) is 0 Å². The number of carbonyl (C=O) groups is 2. The minimum absolute atomic E-state index is 0.0141. The molecule has 8 nitrogen and oxygen atoms in total. The lowest BCUT2D eigenvalue weighted by Crippen LogP contribution is -2.28. The van der Waals surface area contributed by atoms with Gasteiger partial charge in [-0.25, -0.2) is 4.98 Å². The number of hydrogen-bond donors (Lipinski definition) is 3. The summed E-state index contributed by atoms with van der Waals surface area (Å²) in [6, 6.07) is 18.3. The van der Waals surface area contributed by atoms with E-state index in [1.807, 2.05) is 60.7 Å². The molecule has 1 atom stereocenters. The topological polar surface area (TPSA) is 135 Å². The van der Waals surface area contributed by atoms with Crippen LogP contribution in [0.1, 0.15) is 30.0 Å². The van der Waals surface area contributed by atoms with Crippen LogP contribution in [0.3, 0.4) is 0 Å². The van der Waals surface area contributed by atoms with Crippen molar-refractivity contribution in [3.8, 4) is 0 Å². The molecule has 160 valence electrons. The molecule has 1 aromatic heterocycles. The third-order valence-electron chi connectivity index (χ3n) is 4.57. The SMILES string of the molecule is Cc1nc(N=C(N)N)sc1N(C(=O)CC(CC(=O)O)c1ccccc1)c1ccccc1. The Morgan fingerprint density at radius 2 is 1.68 bits per heavy atom. The smallest absolute Gasteiger partial charge is 0.303 e. The van der Waals surface area contributed by atoms with Crippen molar-refractivity contribution in [3.05, 3.63) is 71.9 Å². The molecule has 1 amide bonds. The van der Waals surface area contributed by atoms with Crippen LogP contribution in [0.4, 0.5) is 15.8 Å². The lowest BCUT2D eigenvalue weighted by Gasteiger charge is -2.24. The first kappa shape index (κ1) is 22.0. The third kappa shape index (κ3) is 5.67. The number of aliphatic carboxylic acids is 1. The maximum absolute atomic E-state index is 13.5. The molecule has 3 rings (SSSR count). The number of rotatable bonds is 8. The van der Waals surface area contributed by atoms with Crippen LogP contribution in [0.5, 0.6) is 0 Å². The van der Waals surface area contributed by atoms with Gasteiger partial charge in [-0.1, -0.05) is 59.9 Å². The predicted molar refractivity (Wildman–Crippen MR) is 122 cm³/mol. The number of carboxylic acids is 1. The minimum atomic E-state index is -0.961. The number of aliphatic imine (C=N–C) groups is 1. The Kier molecular flexibility index (Phi) is 6.99. The number of nitrogens with two attached hydrogens (primary N) is 2. The Morgan fingerprint density at radius 3 is 2.26 bits per heavy atom. The van der Waals surface area contributed by atoms with E-state index in [1.165, 1.54) is 11.3 Å². The van der Waals surface area contributed by atoms with Crippen LogP contribution in [0.2, 0.25) is 0 Å². The number of thiazole rings is 1. The van der Waals surface area contributed by atoms with Gasteiger partial charge in [0.25, 0.3) is 0 Å². The normalized spacial score (nSPS) is 11.5. The number of nitrogens with zero attached hydrogens (tertiary/aromatic N) is 3. The molecule has 0 saturated heterocycles. The molecular weight excluding hydrogens is 414 g/mol. The van der Waals surface area contributed by atoms with E-state index >= 15 is 0 Å². The molecule has 0 aliphatic carbocycles. The highest BCUT2D eigenvalue weighted by molar-refractivity contribution is 7.19. The van der Waals surface area contributed by atoms with Gasteiger partial charge in [0.2, 0.25) is 11.0 Å². The monoisotopic (exact) mass is 437 g/mol. The fraction of sp³-hybridized carbons (Fsp3) is 0.182. The molecule has 9 heteroatoms. The average Bonchev–Trinajstić information content (AvgIpc) is 3.07. The van der Waals surface area contributed by atoms with E-state index in [-0.39, 0.29) is 24.7 Å². The summed E-state index contributed by atoms with van der Waals surface area (Å²) in [5, 5.41) is 10.3. The zero-order valence-electron chi connectivity index (χ0n) is 16.9. The van der Waals surface area contributed by atoms with Crippen LogP contribution in [-0.4, -0.2) is 27.9 Å². The summed E-state index contributed by atoms with van der Waals surface area (Å²) in [6.07, 6.45) is -0.139. The van der Waals surface area contributed by atoms with Crippen molar-refractivity contribution < 1.29 is 14.7 Å². The molecule has 1 heterocycles. The van der Waals surface area contributed by atoms with Crippen molar-refractivity contribution in [2.75, 3.05) is 4.90 Å². The van der Waals surface area contributed by atoms with Crippen LogP contribution in [0.15, 0.2) is 65.7 Å². The van der Waals surface area contributed by atoms with Gasteiger partial charge in [0, 0.05) is 18.0 Å². The second-order valence-corrected chi connectivity index (χ2v) is 7.85. The Balaban J connectivity index is 2.00. The van der Waals surface area contributed by atoms with Gasteiger partial charge >= 0.3 is 5.97 Å². The summed E-state index contributed by atoms with van der Waals surface area (Å²) in [7, 11) is 0. The van der Waals surface area contributed by atoms with E-state index in [2.05, 4.69) is 9.98 Å². The molecule has 31 heavy (non-hydrogen) atoms. The molecule has 3 aromatic rings. The van der Waals surface area contributed by atoms with Crippen LogP contribution in [-0.2, 0) is 9.59 Å². The number of aryl methyl sites for hydroxylation is 1. The zero-order valence-corrected chi connectivity index (χ0v) is 17.7. The fourth-order valence-corrected chi connectivity index (χ4v) is 4.24. The number of para-hydroxylation sites is 1. The van der Waals surface area contributed by atoms with Crippen molar-refractivity contribution in [1.29, 1.82) is 0 Å². The molecule has 1 unspecified atom stereocenters. The number of amides is 1. The summed E-state index contributed by atoms with van der Waals surface area (Å²) < 4.78 is 0. The third-order valence-corrected chi connectivity index (χ3v) is 5.60. The quantitative estimate of drug-likeness (QED) is 0.363. The van der Waals surface area contributed by atoms with Crippen LogP contribution in [0, 0.1) is 6.92 Å². The largest absolute Gasteiger partial charge is 0.481 e. The van der Waals surface area contributed by atoms with Gasteiger partial charge in [-0.05, 0) is 24.6 Å². The zero-order chi connectivity index (χ0) is 22.4. The Bertz CT molecular complexity index is 1080. The lowest BCUT2D eigenvalue weighted by molar-refractivity contribution is -0.137. The van der Waals surface area contributed by atoms with Crippen molar-refractivity contribution in [1.82, 2.24) is 4.98 Å². The van der Waals surface area contributed by atoms with Gasteiger partial charge in [0.05, 0.1) is 12.1 Å². The second-order valence-electron chi connectivity index (χ2n) is 6.90. The van der Waals surface area contributed by atoms with Gasteiger partial charge in [-0.3, -0.25) is 14.5 Å². The van der Waals surface area contributed by atoms with Crippen LogP contribution < -0.4 is 16.4 Å². The predicted octanol–water partition coefficient (Wildman–Crippen LogP) is 3.67. The van der Waals surface area contributed by atoms with Gasteiger partial charge in [-0.15, -0.1) is 0 Å². The number of hydrogen-bond acceptors (Lipinski definition) is 5. The fourth-order valence-electron chi connectivity index (χ4n) is 3.24. The van der Waals surface area contributed by atoms with Gasteiger partial charge in [0.1, 0.15) is 5.00 Å². The lowest BCUT2D eigenvalue weighted by atomic mass is 9.92. The maximum Gasteiger partial charge on any atom is 0.303 e. The van der Waals surface area contributed by atoms with E-state index in [0.717, 1.165) is 5.56 Å². The van der Waals surface area contributed by atoms with Crippen molar-refractivity contribution in [2.24, 2.45) is 16.5 Å². The molecule has 0 spiro atoms. The van der Waals surface area contributed by atoms with Crippen molar-refractivity contribution >= 4 is 45.0 Å². The molecule has 0 radical (unpaired) electrons. The van der Waals surface area contributed by atoms with Crippen molar-refractivity contribution in [2.45, 2.75) is 25.7 Å². The van der Waals surface area contributed by atoms with E-state index < -0.39 is 11.9 Å². The van der Waals surface area contributed by atoms with E-state index in [9.17, 15) is 14.7 Å². The highest BCUT2D eigenvalue weighted by Gasteiger charge is 2.27. The first-order valence-corrected chi connectivity index (χ1v) is 10.4. The first-order valence-electron chi connectivity index (χ1n) is 9.57. The maximum atomic E-state index is 13.5. The van der Waals surface area contributed by atoms with Gasteiger partial charge < -0.3 is 16.6 Å². The summed E-state index contributed by atoms with van der Waals surface area (Å²) in [5.74, 6) is -1.80. The molecular formula is C22H23N5O3S. The van der Waals surface area contributed by atoms with Gasteiger partial charge in [-0.2, -0.15) is 4.99 Å². The number of anilines is 2. The Labute approximate surface area is 183 Å². The Hall–Kier alpha value is -3.72. The second kappa shape index (κ2) is 9.86. The summed E-state index contributed by atoms with van der Waals surface area (Å²) in [6.45, 7) is 1.77. The average molecular weight is 438 g/mol. The summed E-state index contributed by atoms with van der Waals surface area (Å²) in [4.78, 5) is 34.9. The molecule has 0 bridgehead atoms. The summed E-state index contributed by atoms with van der Waals surface area (Å²) in [5.41, 5.74) is 13.0. The first-order chi connectivity index (χ1) is 14.8. The number of carbonyl (C=O) groups excluding carboxylic acids is 1. The van der Waals surface area contributed by atoms with Crippen LogP contribution in [0.25, 0.3) is 0 Å². The Morgan fingerprint density at radius 1 is 1.06 bits per heavy atom. The molecule has 0 fully saturated rings. The molecule has 0 saturated carbocycles. The van der Waals surface area contributed by atoms with Crippen LogP contribution >= 0.6 is 11.3 Å². The van der Waals surface area contributed by atoms with E-state index in [0.29, 0.717) is 21.5 Å². The van der Waals surface area contributed by atoms with E-state index in [1.54, 1.807) is 11.8 Å². The number of benzene rings is 2. The molecule has 5 N–H and O–H groups in total. The number of carboxylic acid groups (broad SMARTS) is 1.